The van der Waals surface area contributed by atoms with Gasteiger partial charge in [0.25, 0.3) is 5.92 Å². The fourth-order valence-corrected chi connectivity index (χ4v) is 3.54. The highest BCUT2D eigenvalue weighted by Crippen LogP contribution is 2.43. The summed E-state index contributed by atoms with van der Waals surface area (Å²) >= 11 is 5.99. The van der Waals surface area contributed by atoms with Gasteiger partial charge in [0.15, 0.2) is 0 Å². The molecule has 3 rings (SSSR count). The summed E-state index contributed by atoms with van der Waals surface area (Å²) < 4.78 is 49.1. The van der Waals surface area contributed by atoms with E-state index in [0.29, 0.717) is 17.1 Å². The molecule has 3 nitrogen and oxygen atoms in total. The van der Waals surface area contributed by atoms with Gasteiger partial charge in [-0.05, 0) is 30.5 Å². The molecule has 140 valence electrons. The minimum Gasteiger partial charge on any atom is -0.495 e. The van der Waals surface area contributed by atoms with Crippen molar-refractivity contribution in [2.45, 2.75) is 25.2 Å². The molecule has 0 unspecified atom stereocenters. The molecule has 0 spiro atoms. The van der Waals surface area contributed by atoms with Gasteiger partial charge in [-0.2, -0.15) is 0 Å². The van der Waals surface area contributed by atoms with Gasteiger partial charge < -0.3 is 15.4 Å². The second-order valence-electron chi connectivity index (χ2n) is 6.58. The molecule has 1 atom stereocenters. The van der Waals surface area contributed by atoms with E-state index in [1.807, 2.05) is 0 Å². The summed E-state index contributed by atoms with van der Waals surface area (Å²) in [6, 6.07) is 7.44. The van der Waals surface area contributed by atoms with Crippen LogP contribution in [-0.2, 0) is 0 Å². The van der Waals surface area contributed by atoms with Crippen LogP contribution in [-0.4, -0.2) is 26.1 Å². The molecule has 1 aliphatic heterocycles. The molecule has 1 aliphatic rings. The van der Waals surface area contributed by atoms with E-state index in [-0.39, 0.29) is 23.5 Å². The first-order valence-electron chi connectivity index (χ1n) is 8.24. The van der Waals surface area contributed by atoms with E-state index in [1.54, 1.807) is 25.1 Å². The smallest absolute Gasteiger partial charge is 0.272 e. The number of nitrogen functional groups attached to an aromatic ring is 1. The van der Waals surface area contributed by atoms with Crippen molar-refractivity contribution in [3.05, 3.63) is 52.3 Å². The highest BCUT2D eigenvalue weighted by atomic mass is 35.5. The fourth-order valence-electron chi connectivity index (χ4n) is 3.42. The zero-order chi connectivity index (χ0) is 19.1. The van der Waals surface area contributed by atoms with Gasteiger partial charge in [-0.1, -0.05) is 23.7 Å². The molecule has 7 heteroatoms. The monoisotopic (exact) mass is 384 g/mol. The number of rotatable bonds is 3. The summed E-state index contributed by atoms with van der Waals surface area (Å²) in [5.74, 6) is -4.33. The third kappa shape index (κ3) is 3.43. The number of anilines is 2. The lowest BCUT2D eigenvalue weighted by Crippen LogP contribution is -2.47. The zero-order valence-corrected chi connectivity index (χ0v) is 15.3. The van der Waals surface area contributed by atoms with Crippen LogP contribution in [0.5, 0.6) is 5.75 Å². The Labute approximate surface area is 155 Å². The Hall–Kier alpha value is -2.08. The molecule has 2 N–H and O–H groups in total. The summed E-state index contributed by atoms with van der Waals surface area (Å²) in [6.07, 6.45) is 0.195. The van der Waals surface area contributed by atoms with Gasteiger partial charge in [0.1, 0.15) is 11.6 Å². The minimum atomic E-state index is -3.01. The van der Waals surface area contributed by atoms with Crippen LogP contribution in [0, 0.1) is 12.7 Å². The Bertz CT molecular complexity index is 829. The number of ether oxygens (including phenoxy) is 1. The highest BCUT2D eigenvalue weighted by molar-refractivity contribution is 6.31. The topological polar surface area (TPSA) is 38.5 Å². The molecule has 0 aromatic heterocycles. The normalized spacial score (nSPS) is 19.5. The minimum absolute atomic E-state index is 0.0708. The maximum absolute atomic E-state index is 14.9. The SMILES string of the molecule is COc1cc(N2CC[C@@H](c3ccc(Cl)c(C)c3)C(F)(F)C2)c(F)cc1N. The van der Waals surface area contributed by atoms with Gasteiger partial charge >= 0.3 is 0 Å². The van der Waals surface area contributed by atoms with E-state index in [4.69, 9.17) is 22.1 Å². The first-order chi connectivity index (χ1) is 12.2. The average molecular weight is 385 g/mol. The Kier molecular flexibility index (Phi) is 4.97. The number of alkyl halides is 2. The lowest BCUT2D eigenvalue weighted by Gasteiger charge is -2.40. The molecule has 0 aliphatic carbocycles. The van der Waals surface area contributed by atoms with Crippen molar-refractivity contribution in [3.63, 3.8) is 0 Å². The predicted octanol–water partition coefficient (Wildman–Crippen LogP) is 5.01. The Morgan fingerprint density at radius 1 is 1.27 bits per heavy atom. The third-order valence-corrected chi connectivity index (χ3v) is 5.25. The molecule has 0 saturated carbocycles. The van der Waals surface area contributed by atoms with Crippen molar-refractivity contribution in [3.8, 4) is 5.75 Å². The molecule has 2 aromatic carbocycles. The lowest BCUT2D eigenvalue weighted by atomic mass is 9.85. The fraction of sp³-hybridized carbons (Fsp3) is 0.368. The van der Waals surface area contributed by atoms with Gasteiger partial charge in [-0.25, -0.2) is 13.2 Å². The summed E-state index contributed by atoms with van der Waals surface area (Å²) in [7, 11) is 1.40. The van der Waals surface area contributed by atoms with Crippen LogP contribution in [0.2, 0.25) is 5.02 Å². The summed E-state index contributed by atoms with van der Waals surface area (Å²) in [6.45, 7) is 1.50. The van der Waals surface area contributed by atoms with Crippen LogP contribution in [0.15, 0.2) is 30.3 Å². The van der Waals surface area contributed by atoms with Crippen molar-refractivity contribution in [1.82, 2.24) is 0 Å². The standard InChI is InChI=1S/C19H20ClF3N2O/c1-11-7-12(3-4-14(11)20)13-5-6-25(10-19(13,22)23)17-9-18(26-2)16(24)8-15(17)21/h3-4,7-9,13H,5-6,10,24H2,1-2H3/t13-/m0/s1. The molecule has 2 aromatic rings. The largest absolute Gasteiger partial charge is 0.495 e. The second kappa shape index (κ2) is 6.91. The molecule has 0 amide bonds. The Balaban J connectivity index is 1.88. The molecule has 1 heterocycles. The maximum atomic E-state index is 14.9. The highest BCUT2D eigenvalue weighted by Gasteiger charge is 2.46. The number of benzene rings is 2. The first-order valence-corrected chi connectivity index (χ1v) is 8.62. The predicted molar refractivity (Wildman–Crippen MR) is 98.1 cm³/mol. The molecule has 1 fully saturated rings. The van der Waals surface area contributed by atoms with Crippen LogP contribution >= 0.6 is 11.6 Å². The van der Waals surface area contributed by atoms with Gasteiger partial charge in [-0.3, -0.25) is 0 Å². The number of halogens is 4. The molecule has 0 bridgehead atoms. The van der Waals surface area contributed by atoms with Crippen LogP contribution in [0.1, 0.15) is 23.5 Å². The Morgan fingerprint density at radius 3 is 2.62 bits per heavy atom. The lowest BCUT2D eigenvalue weighted by molar-refractivity contribution is -0.0332. The van der Waals surface area contributed by atoms with Gasteiger partial charge in [0.05, 0.1) is 30.9 Å². The van der Waals surface area contributed by atoms with E-state index in [9.17, 15) is 13.2 Å². The Morgan fingerprint density at radius 2 is 2.00 bits per heavy atom. The summed E-state index contributed by atoms with van der Waals surface area (Å²) in [5.41, 5.74) is 7.18. The second-order valence-corrected chi connectivity index (χ2v) is 6.99. The van der Waals surface area contributed by atoms with E-state index in [0.717, 1.165) is 11.6 Å². The number of piperidine rings is 1. The molecular formula is C19H20ClF3N2O. The van der Waals surface area contributed by atoms with Gasteiger partial charge in [0.2, 0.25) is 0 Å². The van der Waals surface area contributed by atoms with E-state index in [1.165, 1.54) is 18.1 Å². The van der Waals surface area contributed by atoms with Crippen LogP contribution < -0.4 is 15.4 Å². The number of nitrogens with two attached hydrogens (primary N) is 1. The van der Waals surface area contributed by atoms with E-state index in [2.05, 4.69) is 0 Å². The number of hydrogen-bond acceptors (Lipinski definition) is 3. The molecule has 1 saturated heterocycles. The van der Waals surface area contributed by atoms with Crippen molar-refractivity contribution < 1.29 is 17.9 Å². The number of aryl methyl sites for hydroxylation is 1. The zero-order valence-electron chi connectivity index (χ0n) is 14.5. The summed E-state index contributed by atoms with van der Waals surface area (Å²) in [5, 5.41) is 0.547. The van der Waals surface area contributed by atoms with E-state index >= 15 is 0 Å². The molecular weight excluding hydrogens is 365 g/mol. The maximum Gasteiger partial charge on any atom is 0.272 e. The van der Waals surface area contributed by atoms with Crippen molar-refractivity contribution in [1.29, 1.82) is 0 Å². The van der Waals surface area contributed by atoms with Crippen molar-refractivity contribution in [2.75, 3.05) is 30.8 Å². The average Bonchev–Trinajstić information content (AvgIpc) is 2.57. The van der Waals surface area contributed by atoms with Crippen LogP contribution in [0.4, 0.5) is 24.5 Å². The molecule has 26 heavy (non-hydrogen) atoms. The van der Waals surface area contributed by atoms with Crippen LogP contribution in [0.3, 0.4) is 0 Å². The first kappa shape index (κ1) is 18.7. The van der Waals surface area contributed by atoms with Crippen molar-refractivity contribution in [2.24, 2.45) is 0 Å². The van der Waals surface area contributed by atoms with E-state index < -0.39 is 24.2 Å². The third-order valence-electron chi connectivity index (χ3n) is 4.82. The number of nitrogens with zero attached hydrogens (tertiary/aromatic N) is 1. The van der Waals surface area contributed by atoms with Crippen molar-refractivity contribution >= 4 is 23.0 Å². The van der Waals surface area contributed by atoms with Crippen LogP contribution in [0.25, 0.3) is 0 Å². The molecule has 0 radical (unpaired) electrons. The van der Waals surface area contributed by atoms with Gasteiger partial charge in [-0.15, -0.1) is 0 Å². The number of methoxy groups -OCH3 is 1. The quantitative estimate of drug-likeness (QED) is 0.756. The number of hydrogen-bond donors (Lipinski definition) is 1. The van der Waals surface area contributed by atoms with Gasteiger partial charge in [0, 0.05) is 23.7 Å². The summed E-state index contributed by atoms with van der Waals surface area (Å²) in [4.78, 5) is 1.34.